The molecule has 0 aliphatic heterocycles. The number of hydrogen-bond donors (Lipinski definition) is 4. The Morgan fingerprint density at radius 1 is 0.917 bits per heavy atom. The third kappa shape index (κ3) is 7.48. The van der Waals surface area contributed by atoms with E-state index in [0.29, 0.717) is 6.42 Å². The largest absolute Gasteiger partial charge is 0.481 e. The Balaban J connectivity index is 5.19. The molecule has 0 spiro atoms. The van der Waals surface area contributed by atoms with Gasteiger partial charge in [0.15, 0.2) is 5.92 Å². The zero-order chi connectivity index (χ0) is 18.9. The normalized spacial score (nSPS) is 14.4. The Hall–Kier alpha value is -2.06. The number of nitrogens with one attached hydrogen (secondary N) is 2. The molecule has 0 bridgehead atoms. The molecule has 0 heterocycles. The maximum absolute atomic E-state index is 12.3. The molecule has 2 amide bonds. The van der Waals surface area contributed by atoms with E-state index in [2.05, 4.69) is 10.5 Å². The van der Waals surface area contributed by atoms with Crippen LogP contribution in [0.2, 0.25) is 5.82 Å². The van der Waals surface area contributed by atoms with Crippen LogP contribution >= 0.6 is 0 Å². The number of carbonyl (C=O) groups excluding carboxylic acids is 2. The van der Waals surface area contributed by atoms with Gasteiger partial charge in [0.1, 0.15) is 5.92 Å². The Bertz CT molecular complexity index is 457. The van der Waals surface area contributed by atoms with Crippen molar-refractivity contribution in [3.8, 4) is 0 Å². The van der Waals surface area contributed by atoms with Crippen molar-refractivity contribution in [1.82, 2.24) is 10.5 Å². The number of carbonyl (C=O) groups is 4. The van der Waals surface area contributed by atoms with E-state index in [0.717, 1.165) is 6.42 Å². The number of carboxylic acids is 2. The quantitative estimate of drug-likeness (QED) is 0.322. The summed E-state index contributed by atoms with van der Waals surface area (Å²) in [6.45, 7) is 7.37. The Morgan fingerprint density at radius 3 is 1.88 bits per heavy atom. The first-order valence-corrected chi connectivity index (χ1v) is 8.03. The van der Waals surface area contributed by atoms with Gasteiger partial charge in [-0.25, -0.2) is 0 Å². The minimum absolute atomic E-state index is 0.0713. The van der Waals surface area contributed by atoms with Crippen molar-refractivity contribution in [1.29, 1.82) is 0 Å². The molecule has 0 aromatic rings. The second-order valence-corrected chi connectivity index (χ2v) is 5.90. The summed E-state index contributed by atoms with van der Waals surface area (Å²) in [7, 11) is 1.52. The first kappa shape index (κ1) is 21.9. The molecule has 9 heteroatoms. The summed E-state index contributed by atoms with van der Waals surface area (Å²) in [5.74, 6) is -7.69. The van der Waals surface area contributed by atoms with Crippen LogP contribution < -0.4 is 10.5 Å². The van der Waals surface area contributed by atoms with Crippen LogP contribution in [-0.2, 0) is 19.2 Å². The van der Waals surface area contributed by atoms with E-state index >= 15 is 0 Å². The Kier molecular flexibility index (Phi) is 9.76. The highest BCUT2D eigenvalue weighted by molar-refractivity contribution is 6.39. The number of amides is 2. The third-order valence-electron chi connectivity index (χ3n) is 3.86. The number of aliphatic carboxylic acids is 2. The molecule has 0 rings (SSSR count). The van der Waals surface area contributed by atoms with E-state index in [1.807, 2.05) is 20.8 Å². The molecule has 135 valence electrons. The van der Waals surface area contributed by atoms with Crippen molar-refractivity contribution >= 4 is 31.2 Å². The zero-order valence-electron chi connectivity index (χ0n) is 14.5. The highest BCUT2D eigenvalue weighted by Gasteiger charge is 2.36. The fourth-order valence-electron chi connectivity index (χ4n) is 1.76. The second-order valence-electron chi connectivity index (χ2n) is 5.90. The van der Waals surface area contributed by atoms with E-state index in [1.165, 1.54) is 7.41 Å². The van der Waals surface area contributed by atoms with Crippen LogP contribution in [0.1, 0.15) is 47.0 Å². The monoisotopic (exact) mass is 341 g/mol. The molecular formula is C15H26BN2O6. The van der Waals surface area contributed by atoms with Gasteiger partial charge >= 0.3 is 11.9 Å². The van der Waals surface area contributed by atoms with E-state index in [4.69, 9.17) is 10.2 Å². The van der Waals surface area contributed by atoms with Crippen molar-refractivity contribution < 1.29 is 29.4 Å². The Labute approximate surface area is 142 Å². The molecule has 0 aromatic heterocycles. The van der Waals surface area contributed by atoms with Crippen molar-refractivity contribution in [2.45, 2.75) is 58.8 Å². The van der Waals surface area contributed by atoms with Crippen LogP contribution in [0, 0.1) is 11.8 Å². The Morgan fingerprint density at radius 2 is 1.46 bits per heavy atom. The lowest BCUT2D eigenvalue weighted by Gasteiger charge is -2.21. The van der Waals surface area contributed by atoms with E-state index < -0.39 is 42.0 Å². The average Bonchev–Trinajstić information content (AvgIpc) is 2.51. The maximum atomic E-state index is 12.3. The maximum Gasteiger partial charge on any atom is 0.317 e. The molecule has 3 unspecified atom stereocenters. The summed E-state index contributed by atoms with van der Waals surface area (Å²) in [6.07, 6.45) is 0.796. The fraction of sp³-hybridized carbons (Fsp3) is 0.733. The van der Waals surface area contributed by atoms with Gasteiger partial charge in [-0.2, -0.15) is 0 Å². The lowest BCUT2D eigenvalue weighted by Crippen LogP contribution is -2.47. The highest BCUT2D eigenvalue weighted by Crippen LogP contribution is 2.16. The molecule has 4 N–H and O–H groups in total. The van der Waals surface area contributed by atoms with Gasteiger partial charge < -0.3 is 20.8 Å². The molecule has 0 saturated heterocycles. The first-order chi connectivity index (χ1) is 11.1. The third-order valence-corrected chi connectivity index (χ3v) is 3.86. The molecule has 0 fully saturated rings. The van der Waals surface area contributed by atoms with Crippen molar-refractivity contribution in [3.63, 3.8) is 0 Å². The predicted octanol–water partition coefficient (Wildman–Crippen LogP) is 0.647. The molecular weight excluding hydrogens is 315 g/mol. The molecule has 3 atom stereocenters. The van der Waals surface area contributed by atoms with Gasteiger partial charge in [-0.3, -0.25) is 19.2 Å². The van der Waals surface area contributed by atoms with Crippen LogP contribution in [-0.4, -0.2) is 47.4 Å². The zero-order valence-corrected chi connectivity index (χ0v) is 14.5. The second kappa shape index (κ2) is 10.7. The van der Waals surface area contributed by atoms with Gasteiger partial charge in [0, 0.05) is 6.04 Å². The van der Waals surface area contributed by atoms with Gasteiger partial charge in [-0.1, -0.05) is 27.2 Å². The molecule has 24 heavy (non-hydrogen) atoms. The minimum Gasteiger partial charge on any atom is -0.481 e. The molecule has 0 saturated carbocycles. The number of carboxylic acid groups (broad SMARTS) is 2. The SMILES string of the molecule is CCC(C)[B]NC(=O)C(CC(C(=O)O)C(=O)O)C(=O)NC(C)CC. The van der Waals surface area contributed by atoms with Gasteiger partial charge in [-0.15, -0.1) is 0 Å². The molecule has 1 radical (unpaired) electrons. The molecule has 0 aliphatic rings. The number of hydrogen-bond acceptors (Lipinski definition) is 4. The smallest absolute Gasteiger partial charge is 0.317 e. The van der Waals surface area contributed by atoms with E-state index in [-0.39, 0.29) is 11.9 Å². The summed E-state index contributed by atoms with van der Waals surface area (Å²) < 4.78 is 0. The van der Waals surface area contributed by atoms with Crippen molar-refractivity contribution in [3.05, 3.63) is 0 Å². The summed E-state index contributed by atoms with van der Waals surface area (Å²) in [5.41, 5.74) is 0. The lowest BCUT2D eigenvalue weighted by molar-refractivity contribution is -0.155. The van der Waals surface area contributed by atoms with E-state index in [1.54, 1.807) is 6.92 Å². The van der Waals surface area contributed by atoms with Crippen molar-refractivity contribution in [2.24, 2.45) is 11.8 Å². The summed E-state index contributed by atoms with van der Waals surface area (Å²) in [4.78, 5) is 46.7. The van der Waals surface area contributed by atoms with Crippen LogP contribution in [0.4, 0.5) is 0 Å². The van der Waals surface area contributed by atoms with Crippen LogP contribution in [0.25, 0.3) is 0 Å². The standard InChI is InChI=1S/C15H26BN2O6/c1-5-8(3)16-18-13(20)10(12(19)17-9(4)6-2)7-11(14(21)22)15(23)24/h8-11H,5-7H2,1-4H3,(H,17,19)(H,18,20)(H,21,22)(H,23,24). The first-order valence-electron chi connectivity index (χ1n) is 8.03. The van der Waals surface area contributed by atoms with Gasteiger partial charge in [-0.05, 0) is 25.6 Å². The topological polar surface area (TPSA) is 133 Å². The van der Waals surface area contributed by atoms with E-state index in [9.17, 15) is 19.2 Å². The molecule has 0 aromatic carbocycles. The van der Waals surface area contributed by atoms with Gasteiger partial charge in [0.2, 0.25) is 19.2 Å². The predicted molar refractivity (Wildman–Crippen MR) is 88.4 cm³/mol. The van der Waals surface area contributed by atoms with Crippen LogP contribution in [0.3, 0.4) is 0 Å². The van der Waals surface area contributed by atoms with Crippen LogP contribution in [0.15, 0.2) is 0 Å². The summed E-state index contributed by atoms with van der Waals surface area (Å²) in [5, 5.41) is 23.1. The lowest BCUT2D eigenvalue weighted by atomic mass is 9.74. The highest BCUT2D eigenvalue weighted by atomic mass is 16.4. The number of rotatable bonds is 11. The average molecular weight is 341 g/mol. The van der Waals surface area contributed by atoms with Gasteiger partial charge in [0.25, 0.3) is 0 Å². The summed E-state index contributed by atoms with van der Waals surface area (Å²) >= 11 is 0. The minimum atomic E-state index is -1.83. The summed E-state index contributed by atoms with van der Waals surface area (Å²) in [6, 6.07) is -0.209. The molecule has 0 aliphatic carbocycles. The fourth-order valence-corrected chi connectivity index (χ4v) is 1.76. The van der Waals surface area contributed by atoms with Gasteiger partial charge in [0.05, 0.1) is 0 Å². The van der Waals surface area contributed by atoms with Crippen LogP contribution in [0.5, 0.6) is 0 Å². The molecule has 8 nitrogen and oxygen atoms in total. The van der Waals surface area contributed by atoms with Crippen molar-refractivity contribution in [2.75, 3.05) is 0 Å².